The average molecular weight is 807 g/mol. The average Bonchev–Trinajstić information content (AvgIpc) is 3.94. The zero-order valence-electron chi connectivity index (χ0n) is 35.8. The fourth-order valence-electron chi connectivity index (χ4n) is 8.16. The highest BCUT2D eigenvalue weighted by Crippen LogP contribution is 2.40. The first kappa shape index (κ1) is 38.7. The molecule has 6 aromatic carbocycles. The first-order valence-electron chi connectivity index (χ1n) is 21.1. The van der Waals surface area contributed by atoms with Crippen molar-refractivity contribution in [1.29, 1.82) is 0 Å². The van der Waals surface area contributed by atoms with Gasteiger partial charge >= 0.3 is 0 Å². The Kier molecular flexibility index (Phi) is 9.52. The standard InChI is InChI=1S/C56H46N4O2/c1-55(2,3)44-31-32-45(56(4,5)6)52-51(44)60-54(62-52)42-28-20-38(21-29-42)36-16-24-40(25-17-36)50-43(30-33-47(58-50)46-11-9-10-34-57-46)39-22-14-35(15-23-39)37-18-26-41(27-19-37)53-59-48-12-7-8-13-49(48)61-53/h7-34H,1-6H3. The molecule has 0 saturated heterocycles. The highest BCUT2D eigenvalue weighted by Gasteiger charge is 2.27. The first-order valence-corrected chi connectivity index (χ1v) is 21.1. The Morgan fingerprint density at radius 1 is 0.387 bits per heavy atom. The SMILES string of the molecule is CC(C)(C)c1ccc(C(C)(C)C)c2oc(-c3ccc(-c4ccc(-c5nc(-c6ccccn6)ccc5-c5ccc(-c6ccc(-c7nc8ccccc8o7)cc6)cc5)cc4)cc3)nc12. The van der Waals surface area contributed by atoms with Gasteiger partial charge in [-0.3, -0.25) is 4.98 Å². The third kappa shape index (κ3) is 7.38. The summed E-state index contributed by atoms with van der Waals surface area (Å²) in [4.78, 5) is 19.6. The minimum absolute atomic E-state index is 0.0654. The molecule has 62 heavy (non-hydrogen) atoms. The Labute approximate surface area is 362 Å². The van der Waals surface area contributed by atoms with Crippen molar-refractivity contribution in [1.82, 2.24) is 19.9 Å². The molecule has 0 bridgehead atoms. The van der Waals surface area contributed by atoms with Gasteiger partial charge < -0.3 is 8.83 Å². The van der Waals surface area contributed by atoms with Crippen molar-refractivity contribution in [2.24, 2.45) is 0 Å². The number of hydrogen-bond donors (Lipinski definition) is 0. The molecule has 4 aromatic heterocycles. The maximum absolute atomic E-state index is 6.58. The second kappa shape index (κ2) is 15.2. The molecule has 0 radical (unpaired) electrons. The molecular formula is C56H46N4O2. The van der Waals surface area contributed by atoms with E-state index in [4.69, 9.17) is 18.8 Å². The van der Waals surface area contributed by atoms with Gasteiger partial charge in [-0.1, -0.05) is 145 Å². The van der Waals surface area contributed by atoms with Crippen molar-refractivity contribution in [2.75, 3.05) is 0 Å². The van der Waals surface area contributed by atoms with Gasteiger partial charge in [-0.25, -0.2) is 15.0 Å². The van der Waals surface area contributed by atoms with E-state index in [-0.39, 0.29) is 10.8 Å². The van der Waals surface area contributed by atoms with Gasteiger partial charge in [0.15, 0.2) is 11.2 Å². The van der Waals surface area contributed by atoms with Crippen molar-refractivity contribution in [3.8, 4) is 78.9 Å². The third-order valence-corrected chi connectivity index (χ3v) is 11.6. The van der Waals surface area contributed by atoms with Gasteiger partial charge in [-0.2, -0.15) is 0 Å². The van der Waals surface area contributed by atoms with E-state index in [0.29, 0.717) is 11.8 Å². The van der Waals surface area contributed by atoms with Gasteiger partial charge in [-0.15, -0.1) is 0 Å². The lowest BCUT2D eigenvalue weighted by molar-refractivity contribution is 0.558. The number of fused-ring (bicyclic) bond motifs is 2. The molecule has 10 aromatic rings. The Morgan fingerprint density at radius 3 is 1.47 bits per heavy atom. The van der Waals surface area contributed by atoms with Gasteiger partial charge in [0.05, 0.1) is 17.1 Å². The molecule has 6 nitrogen and oxygen atoms in total. The quantitative estimate of drug-likeness (QED) is 0.160. The maximum Gasteiger partial charge on any atom is 0.227 e. The Hall–Kier alpha value is -7.44. The highest BCUT2D eigenvalue weighted by molar-refractivity contribution is 5.86. The van der Waals surface area contributed by atoms with Crippen LogP contribution in [-0.2, 0) is 10.8 Å². The zero-order chi connectivity index (χ0) is 42.6. The molecule has 0 spiro atoms. The van der Waals surface area contributed by atoms with Crippen LogP contribution in [0.25, 0.3) is 101 Å². The van der Waals surface area contributed by atoms with E-state index in [2.05, 4.69) is 173 Å². The molecule has 0 aliphatic rings. The lowest BCUT2D eigenvalue weighted by atomic mass is 9.81. The smallest absolute Gasteiger partial charge is 0.227 e. The van der Waals surface area contributed by atoms with Crippen molar-refractivity contribution in [2.45, 2.75) is 52.4 Å². The lowest BCUT2D eigenvalue weighted by Gasteiger charge is -2.23. The topological polar surface area (TPSA) is 77.8 Å². The van der Waals surface area contributed by atoms with Crippen LogP contribution in [0, 0.1) is 0 Å². The molecule has 6 heteroatoms. The monoisotopic (exact) mass is 806 g/mol. The van der Waals surface area contributed by atoms with Gasteiger partial charge in [0, 0.05) is 34.0 Å². The summed E-state index contributed by atoms with van der Waals surface area (Å²) in [6.07, 6.45) is 1.81. The Morgan fingerprint density at radius 2 is 0.903 bits per heavy atom. The molecule has 302 valence electrons. The van der Waals surface area contributed by atoms with Crippen LogP contribution in [-0.4, -0.2) is 19.9 Å². The summed E-state index contributed by atoms with van der Waals surface area (Å²) in [6, 6.07) is 56.6. The summed E-state index contributed by atoms with van der Waals surface area (Å²) >= 11 is 0. The predicted molar refractivity (Wildman–Crippen MR) is 253 cm³/mol. The summed E-state index contributed by atoms with van der Waals surface area (Å²) in [7, 11) is 0. The zero-order valence-corrected chi connectivity index (χ0v) is 35.8. The number of pyridine rings is 2. The molecular weight excluding hydrogens is 761 g/mol. The maximum atomic E-state index is 6.58. The van der Waals surface area contributed by atoms with Gasteiger partial charge in [0.2, 0.25) is 11.8 Å². The Bertz CT molecular complexity index is 3120. The first-order chi connectivity index (χ1) is 30.0. The highest BCUT2D eigenvalue weighted by atomic mass is 16.4. The molecule has 0 aliphatic heterocycles. The van der Waals surface area contributed by atoms with Crippen LogP contribution in [0.15, 0.2) is 179 Å². The number of nitrogens with zero attached hydrogens (tertiary/aromatic N) is 4. The van der Waals surface area contributed by atoms with Crippen LogP contribution in [0.2, 0.25) is 0 Å². The number of para-hydroxylation sites is 2. The van der Waals surface area contributed by atoms with Crippen molar-refractivity contribution >= 4 is 22.2 Å². The van der Waals surface area contributed by atoms with Crippen LogP contribution in [0.3, 0.4) is 0 Å². The van der Waals surface area contributed by atoms with Gasteiger partial charge in [0.1, 0.15) is 11.0 Å². The number of oxazole rings is 2. The molecule has 0 aliphatic carbocycles. The minimum Gasteiger partial charge on any atom is -0.436 e. The summed E-state index contributed by atoms with van der Waals surface area (Å²) in [5.74, 6) is 1.26. The second-order valence-electron chi connectivity index (χ2n) is 18.0. The van der Waals surface area contributed by atoms with Crippen molar-refractivity contribution in [3.05, 3.63) is 181 Å². The van der Waals surface area contributed by atoms with E-state index < -0.39 is 0 Å². The molecule has 0 saturated carbocycles. The summed E-state index contributed by atoms with van der Waals surface area (Å²) < 4.78 is 12.6. The molecule has 0 fully saturated rings. The number of rotatable bonds is 7. The summed E-state index contributed by atoms with van der Waals surface area (Å²) in [5, 5.41) is 0. The van der Waals surface area contributed by atoms with Crippen LogP contribution in [0.4, 0.5) is 0 Å². The van der Waals surface area contributed by atoms with Gasteiger partial charge in [-0.05, 0) is 105 Å². The number of hydrogen-bond acceptors (Lipinski definition) is 6. The van der Waals surface area contributed by atoms with E-state index in [9.17, 15) is 0 Å². The number of benzene rings is 6. The molecule has 0 N–H and O–H groups in total. The molecule has 10 rings (SSSR count). The fourth-order valence-corrected chi connectivity index (χ4v) is 8.16. The molecule has 0 amide bonds. The van der Waals surface area contributed by atoms with Crippen LogP contribution >= 0.6 is 0 Å². The second-order valence-corrected chi connectivity index (χ2v) is 18.0. The van der Waals surface area contributed by atoms with E-state index in [1.165, 1.54) is 5.56 Å². The van der Waals surface area contributed by atoms with E-state index >= 15 is 0 Å². The van der Waals surface area contributed by atoms with Crippen LogP contribution < -0.4 is 0 Å². The van der Waals surface area contributed by atoms with Crippen LogP contribution in [0.5, 0.6) is 0 Å². The minimum atomic E-state index is -0.0767. The van der Waals surface area contributed by atoms with Crippen molar-refractivity contribution < 1.29 is 8.83 Å². The van der Waals surface area contributed by atoms with Gasteiger partial charge in [0.25, 0.3) is 0 Å². The van der Waals surface area contributed by atoms with E-state index in [0.717, 1.165) is 94.9 Å². The molecule has 0 atom stereocenters. The van der Waals surface area contributed by atoms with E-state index in [1.807, 2.05) is 42.5 Å². The number of aromatic nitrogens is 4. The fraction of sp³-hybridized carbons (Fsp3) is 0.143. The predicted octanol–water partition coefficient (Wildman–Crippen LogP) is 15.0. The largest absolute Gasteiger partial charge is 0.436 e. The third-order valence-electron chi connectivity index (χ3n) is 11.6. The normalized spacial score (nSPS) is 12.0. The lowest BCUT2D eigenvalue weighted by Crippen LogP contribution is -2.15. The summed E-state index contributed by atoms with van der Waals surface area (Å²) in [6.45, 7) is 13.3. The van der Waals surface area contributed by atoms with E-state index in [1.54, 1.807) is 6.20 Å². The molecule has 4 heterocycles. The van der Waals surface area contributed by atoms with Crippen LogP contribution in [0.1, 0.15) is 52.7 Å². The molecule has 0 unspecified atom stereocenters. The summed E-state index contributed by atoms with van der Waals surface area (Å²) in [5.41, 5.74) is 17.7. The Balaban J connectivity index is 0.940. The van der Waals surface area contributed by atoms with Crippen molar-refractivity contribution in [3.63, 3.8) is 0 Å².